The normalized spacial score (nSPS) is 24.0. The van der Waals surface area contributed by atoms with Crippen LogP contribution >= 0.6 is 0 Å². The molecular weight excluding hydrogens is 533 g/mol. The van der Waals surface area contributed by atoms with Crippen molar-refractivity contribution in [1.82, 2.24) is 5.43 Å². The fourth-order valence-corrected chi connectivity index (χ4v) is 7.54. The third kappa shape index (κ3) is 6.17. The molecule has 2 amide bonds. The van der Waals surface area contributed by atoms with Crippen molar-refractivity contribution in [2.45, 2.75) is 50.9 Å². The first-order chi connectivity index (χ1) is 20.4. The van der Waals surface area contributed by atoms with Gasteiger partial charge in [0.25, 0.3) is 11.8 Å². The van der Waals surface area contributed by atoms with Gasteiger partial charge < -0.3 is 14.8 Å². The van der Waals surface area contributed by atoms with E-state index in [-0.39, 0.29) is 12.5 Å². The summed E-state index contributed by atoms with van der Waals surface area (Å²) in [6.45, 7) is 2.09. The van der Waals surface area contributed by atoms with Crippen LogP contribution in [-0.2, 0) is 10.2 Å². The van der Waals surface area contributed by atoms with Gasteiger partial charge in [0.15, 0.2) is 18.1 Å². The fourth-order valence-electron chi connectivity index (χ4n) is 7.54. The molecule has 0 aliphatic heterocycles. The van der Waals surface area contributed by atoms with Gasteiger partial charge in [-0.1, -0.05) is 12.1 Å². The molecule has 0 saturated heterocycles. The molecule has 0 radical (unpaired) electrons. The van der Waals surface area contributed by atoms with E-state index in [2.05, 4.69) is 28.0 Å². The third-order valence-corrected chi connectivity index (χ3v) is 8.93. The molecule has 2 N–H and O–H groups in total. The average Bonchev–Trinajstić information content (AvgIpc) is 2.97. The molecule has 218 valence electrons. The van der Waals surface area contributed by atoms with Crippen LogP contribution in [0.2, 0.25) is 0 Å². The van der Waals surface area contributed by atoms with Gasteiger partial charge in [-0.2, -0.15) is 5.10 Å². The molecule has 0 aromatic heterocycles. The molecule has 7 rings (SSSR count). The number of anilines is 1. The van der Waals surface area contributed by atoms with Gasteiger partial charge in [0.2, 0.25) is 0 Å². The van der Waals surface area contributed by atoms with Gasteiger partial charge in [0.1, 0.15) is 5.82 Å². The summed E-state index contributed by atoms with van der Waals surface area (Å²) >= 11 is 0. The van der Waals surface area contributed by atoms with E-state index in [4.69, 9.17) is 9.47 Å². The highest BCUT2D eigenvalue weighted by molar-refractivity contribution is 5.95. The van der Waals surface area contributed by atoms with Crippen molar-refractivity contribution in [3.05, 3.63) is 89.2 Å². The van der Waals surface area contributed by atoms with Gasteiger partial charge >= 0.3 is 0 Å². The first-order valence-electron chi connectivity index (χ1n) is 14.8. The number of nitrogens with zero attached hydrogens (tertiary/aromatic N) is 1. The first-order valence-corrected chi connectivity index (χ1v) is 14.8. The predicted molar refractivity (Wildman–Crippen MR) is 159 cm³/mol. The van der Waals surface area contributed by atoms with Gasteiger partial charge in [0.05, 0.1) is 12.8 Å². The van der Waals surface area contributed by atoms with E-state index in [1.165, 1.54) is 74.6 Å². The average molecular weight is 570 g/mol. The summed E-state index contributed by atoms with van der Waals surface area (Å²) in [6, 6.07) is 18.8. The molecule has 42 heavy (non-hydrogen) atoms. The smallest absolute Gasteiger partial charge is 0.271 e. The molecule has 4 saturated carbocycles. The van der Waals surface area contributed by atoms with Crippen molar-refractivity contribution in [3.63, 3.8) is 0 Å². The van der Waals surface area contributed by atoms with E-state index in [0.717, 1.165) is 23.4 Å². The van der Waals surface area contributed by atoms with Crippen LogP contribution in [0.3, 0.4) is 0 Å². The summed E-state index contributed by atoms with van der Waals surface area (Å²) in [5, 5.41) is 6.92. The minimum absolute atomic E-state index is 0.169. The van der Waals surface area contributed by atoms with Crippen molar-refractivity contribution >= 4 is 23.7 Å². The maximum absolute atomic E-state index is 13.1. The minimum atomic E-state index is -0.454. The SMILES string of the molecule is CCOc1cc(/C=N\NC(=O)c2ccc(F)cc2)ccc1OCC(=O)Nc1ccc(C23CC4CC(CC(C4)C2)C3)cc1. The maximum atomic E-state index is 13.1. The van der Waals surface area contributed by atoms with E-state index in [1.54, 1.807) is 18.2 Å². The zero-order valence-corrected chi connectivity index (χ0v) is 23.8. The Balaban J connectivity index is 1.03. The largest absolute Gasteiger partial charge is 0.490 e. The van der Waals surface area contributed by atoms with Crippen LogP contribution in [-0.4, -0.2) is 31.2 Å². The highest BCUT2D eigenvalue weighted by Gasteiger charge is 2.51. The second-order valence-corrected chi connectivity index (χ2v) is 12.0. The molecule has 8 heteroatoms. The van der Waals surface area contributed by atoms with Gasteiger partial charge in [-0.25, -0.2) is 9.82 Å². The molecule has 4 fully saturated rings. The zero-order chi connectivity index (χ0) is 29.1. The molecule has 0 heterocycles. The van der Waals surface area contributed by atoms with Crippen LogP contribution in [0.25, 0.3) is 0 Å². The van der Waals surface area contributed by atoms with Crippen molar-refractivity contribution in [1.29, 1.82) is 0 Å². The number of carbonyl (C=O) groups excluding carboxylic acids is 2. The molecule has 4 aliphatic carbocycles. The number of hydrogen-bond acceptors (Lipinski definition) is 5. The fraction of sp³-hybridized carbons (Fsp3) is 0.382. The first kappa shape index (κ1) is 27.9. The lowest BCUT2D eigenvalue weighted by atomic mass is 9.48. The Labute approximate surface area is 245 Å². The Hall–Kier alpha value is -4.20. The Bertz CT molecular complexity index is 1430. The van der Waals surface area contributed by atoms with Crippen molar-refractivity contribution in [3.8, 4) is 11.5 Å². The summed E-state index contributed by atoms with van der Waals surface area (Å²) in [4.78, 5) is 24.9. The topological polar surface area (TPSA) is 89.0 Å². The lowest BCUT2D eigenvalue weighted by Crippen LogP contribution is -2.48. The number of carbonyl (C=O) groups is 2. The van der Waals surface area contributed by atoms with Crippen LogP contribution < -0.4 is 20.2 Å². The van der Waals surface area contributed by atoms with Gasteiger partial charge in [-0.15, -0.1) is 0 Å². The second-order valence-electron chi connectivity index (χ2n) is 12.0. The van der Waals surface area contributed by atoms with E-state index in [9.17, 15) is 14.0 Å². The number of hydrazone groups is 1. The summed E-state index contributed by atoms with van der Waals surface area (Å²) in [5.41, 5.74) is 5.89. The van der Waals surface area contributed by atoms with E-state index in [1.807, 2.05) is 19.1 Å². The molecule has 0 unspecified atom stereocenters. The highest BCUT2D eigenvalue weighted by Crippen LogP contribution is 2.60. The summed E-state index contributed by atoms with van der Waals surface area (Å²) in [5.74, 6) is 2.44. The molecular formula is C34H36FN3O4. The van der Waals surface area contributed by atoms with Gasteiger partial charge in [-0.3, -0.25) is 9.59 Å². The van der Waals surface area contributed by atoms with Gasteiger partial charge in [-0.05, 0) is 134 Å². The number of hydrogen-bond donors (Lipinski definition) is 2. The Kier molecular flexibility index (Phi) is 7.96. The van der Waals surface area contributed by atoms with Crippen LogP contribution in [0.4, 0.5) is 10.1 Å². The minimum Gasteiger partial charge on any atom is -0.490 e. The highest BCUT2D eigenvalue weighted by atomic mass is 19.1. The number of amides is 2. The number of nitrogens with one attached hydrogen (secondary N) is 2. The number of benzene rings is 3. The second kappa shape index (κ2) is 12.0. The van der Waals surface area contributed by atoms with Gasteiger partial charge in [0, 0.05) is 11.3 Å². The van der Waals surface area contributed by atoms with Crippen LogP contribution in [0.1, 0.15) is 66.9 Å². The number of rotatable bonds is 10. The Morgan fingerprint density at radius 1 is 0.905 bits per heavy atom. The zero-order valence-electron chi connectivity index (χ0n) is 23.8. The Morgan fingerprint density at radius 3 is 2.21 bits per heavy atom. The molecule has 0 atom stereocenters. The number of halogens is 1. The Morgan fingerprint density at radius 2 is 1.57 bits per heavy atom. The quantitative estimate of drug-likeness (QED) is 0.216. The summed E-state index contributed by atoms with van der Waals surface area (Å²) in [6.07, 6.45) is 9.68. The molecule has 7 nitrogen and oxygen atoms in total. The van der Waals surface area contributed by atoms with Crippen LogP contribution in [0.15, 0.2) is 71.8 Å². The third-order valence-electron chi connectivity index (χ3n) is 8.93. The van der Waals surface area contributed by atoms with E-state index < -0.39 is 11.7 Å². The van der Waals surface area contributed by atoms with Crippen molar-refractivity contribution in [2.24, 2.45) is 22.9 Å². The molecule has 4 aliphatic rings. The summed E-state index contributed by atoms with van der Waals surface area (Å²) in [7, 11) is 0. The van der Waals surface area contributed by atoms with Crippen LogP contribution in [0, 0.1) is 23.6 Å². The maximum Gasteiger partial charge on any atom is 0.271 e. The van der Waals surface area contributed by atoms with Crippen LogP contribution in [0.5, 0.6) is 11.5 Å². The summed E-state index contributed by atoms with van der Waals surface area (Å²) < 4.78 is 24.6. The molecule has 3 aromatic rings. The van der Waals surface area contributed by atoms with Crippen molar-refractivity contribution in [2.75, 3.05) is 18.5 Å². The molecule has 4 bridgehead atoms. The van der Waals surface area contributed by atoms with E-state index >= 15 is 0 Å². The molecule has 0 spiro atoms. The number of ether oxygens (including phenoxy) is 2. The standard InChI is InChI=1S/C34H36FN3O4/c1-2-41-31-16-22(20-36-38-33(40)26-4-8-28(35)9-5-26)3-12-30(31)42-21-32(39)37-29-10-6-27(7-11-29)34-17-23-13-24(18-34)15-25(14-23)19-34/h3-12,16,20,23-25H,2,13-15,17-19,21H2,1H3,(H,37,39)(H,38,40)/b36-20-. The monoisotopic (exact) mass is 569 g/mol. The predicted octanol–water partition coefficient (Wildman–Crippen LogP) is 6.47. The lowest BCUT2D eigenvalue weighted by molar-refractivity contribution is -0.118. The van der Waals surface area contributed by atoms with Crippen molar-refractivity contribution < 1.29 is 23.5 Å². The molecule has 3 aromatic carbocycles. The van der Waals surface area contributed by atoms with E-state index in [0.29, 0.717) is 34.6 Å². The lowest BCUT2D eigenvalue weighted by Gasteiger charge is -2.57.